The Balaban J connectivity index is 1.71. The highest BCUT2D eigenvalue weighted by molar-refractivity contribution is 8.03. The van der Waals surface area contributed by atoms with Crippen molar-refractivity contribution >= 4 is 23.6 Å². The van der Waals surface area contributed by atoms with Gasteiger partial charge < -0.3 is 30.9 Å². The lowest BCUT2D eigenvalue weighted by molar-refractivity contribution is -0.163. The predicted molar refractivity (Wildman–Crippen MR) is 102 cm³/mol. The second-order valence-electron chi connectivity index (χ2n) is 7.72. The Labute approximate surface area is 163 Å². The molecular formula is C18H29N3O5S. The van der Waals surface area contributed by atoms with Gasteiger partial charge in [-0.2, -0.15) is 0 Å². The number of amides is 1. The molecule has 5 N–H and O–H groups in total. The van der Waals surface area contributed by atoms with Gasteiger partial charge in [-0.1, -0.05) is 6.92 Å². The van der Waals surface area contributed by atoms with Crippen LogP contribution in [0.3, 0.4) is 0 Å². The van der Waals surface area contributed by atoms with Gasteiger partial charge in [-0.25, -0.2) is 4.79 Å². The zero-order valence-corrected chi connectivity index (χ0v) is 16.7. The number of carbonyl (C=O) groups is 2. The van der Waals surface area contributed by atoms with Crippen LogP contribution in [0.25, 0.3) is 0 Å². The molecule has 2 saturated heterocycles. The van der Waals surface area contributed by atoms with Crippen molar-refractivity contribution in [1.82, 2.24) is 15.5 Å². The first-order chi connectivity index (χ1) is 12.8. The summed E-state index contributed by atoms with van der Waals surface area (Å²) in [7, 11) is 1.85. The highest BCUT2D eigenvalue weighted by atomic mass is 32.2. The summed E-state index contributed by atoms with van der Waals surface area (Å²) < 4.78 is 0. The number of nitrogens with zero attached hydrogens (tertiary/aromatic N) is 1. The van der Waals surface area contributed by atoms with E-state index in [2.05, 4.69) is 10.6 Å². The number of hydrogen-bond donors (Lipinski definition) is 5. The molecule has 0 aromatic heterocycles. The molecule has 8 nitrogen and oxygen atoms in total. The van der Waals surface area contributed by atoms with Gasteiger partial charge >= 0.3 is 5.97 Å². The molecule has 0 spiro atoms. The number of hydrogen-bond acceptors (Lipinski definition) is 7. The van der Waals surface area contributed by atoms with Crippen LogP contribution in [0.5, 0.6) is 0 Å². The van der Waals surface area contributed by atoms with Gasteiger partial charge in [0.15, 0.2) is 0 Å². The second kappa shape index (κ2) is 8.08. The molecule has 0 bridgehead atoms. The average Bonchev–Trinajstić information content (AvgIpc) is 3.15. The smallest absolute Gasteiger partial charge is 0.353 e. The minimum absolute atomic E-state index is 0.00897. The van der Waals surface area contributed by atoms with Crippen LogP contribution in [0.4, 0.5) is 0 Å². The fourth-order valence-corrected chi connectivity index (χ4v) is 5.96. The lowest BCUT2D eigenvalue weighted by atomic mass is 9.79. The van der Waals surface area contributed by atoms with Gasteiger partial charge in [0.05, 0.1) is 24.2 Å². The molecule has 27 heavy (non-hydrogen) atoms. The number of thioether (sulfide) groups is 1. The van der Waals surface area contributed by atoms with E-state index in [9.17, 15) is 24.9 Å². The number of aliphatic hydroxyl groups excluding tert-OH is 2. The third-order valence-corrected chi connectivity index (χ3v) is 7.40. The molecule has 0 aromatic carbocycles. The number of aliphatic carboxylic acids is 1. The molecule has 1 unspecified atom stereocenters. The van der Waals surface area contributed by atoms with Crippen molar-refractivity contribution in [2.24, 2.45) is 11.8 Å². The highest BCUT2D eigenvalue weighted by Gasteiger charge is 2.60. The number of β-lactam (4-membered cyclic amide) rings is 1. The van der Waals surface area contributed by atoms with Crippen LogP contribution in [0.2, 0.25) is 0 Å². The van der Waals surface area contributed by atoms with Crippen LogP contribution in [0, 0.1) is 11.8 Å². The number of rotatable bonds is 8. The van der Waals surface area contributed by atoms with E-state index in [0.29, 0.717) is 17.9 Å². The van der Waals surface area contributed by atoms with Gasteiger partial charge in [0.25, 0.3) is 0 Å². The molecule has 7 atom stereocenters. The van der Waals surface area contributed by atoms with Crippen LogP contribution >= 0.6 is 11.8 Å². The third kappa shape index (κ3) is 3.63. The molecule has 1 amide bonds. The normalized spacial score (nSPS) is 35.2. The molecule has 9 heteroatoms. The highest BCUT2D eigenvalue weighted by Crippen LogP contribution is 2.51. The number of nitrogens with one attached hydrogen (secondary N) is 2. The number of aliphatic hydroxyl groups is 2. The van der Waals surface area contributed by atoms with Crippen LogP contribution in [0.1, 0.15) is 26.7 Å². The monoisotopic (exact) mass is 399 g/mol. The standard InChI is InChI=1S/C18H29N3O5S/c1-8-14-13(9(2)22)17(24)21(14)15(18(25)26)16(8)27-10-6-11(20-7-10)12(23)4-5-19-3/h8-14,19-20,22-23H,4-7H2,1-3H3,(H,25,26)/t8-,9?,10+,11-,12-,13+,14-/m1/s1. The second-order valence-corrected chi connectivity index (χ2v) is 9.06. The van der Waals surface area contributed by atoms with E-state index in [1.54, 1.807) is 6.92 Å². The Hall–Kier alpha value is -1.13. The molecule has 3 heterocycles. The Morgan fingerprint density at radius 1 is 1.44 bits per heavy atom. The Morgan fingerprint density at radius 3 is 2.74 bits per heavy atom. The lowest BCUT2D eigenvalue weighted by Gasteiger charge is -2.46. The maximum atomic E-state index is 12.4. The molecule has 0 aliphatic carbocycles. The van der Waals surface area contributed by atoms with Gasteiger partial charge in [-0.15, -0.1) is 11.8 Å². The summed E-state index contributed by atoms with van der Waals surface area (Å²) in [6.45, 7) is 4.94. The van der Waals surface area contributed by atoms with Crippen molar-refractivity contribution in [1.29, 1.82) is 0 Å². The summed E-state index contributed by atoms with van der Waals surface area (Å²) in [6, 6.07) is -0.289. The van der Waals surface area contributed by atoms with Crippen molar-refractivity contribution in [2.45, 2.75) is 56.2 Å². The summed E-state index contributed by atoms with van der Waals surface area (Å²) in [6.07, 6.45) is 0.168. The van der Waals surface area contributed by atoms with Crippen molar-refractivity contribution in [3.63, 3.8) is 0 Å². The van der Waals surface area contributed by atoms with Crippen LogP contribution in [-0.4, -0.2) is 81.8 Å². The molecule has 0 radical (unpaired) electrons. The van der Waals surface area contributed by atoms with Crippen LogP contribution < -0.4 is 10.6 Å². The van der Waals surface area contributed by atoms with Crippen LogP contribution in [0.15, 0.2) is 10.6 Å². The average molecular weight is 400 g/mol. The maximum Gasteiger partial charge on any atom is 0.353 e. The number of fused-ring (bicyclic) bond motifs is 1. The molecule has 152 valence electrons. The lowest BCUT2D eigenvalue weighted by Crippen LogP contribution is -2.63. The van der Waals surface area contributed by atoms with Crippen molar-refractivity contribution in [3.8, 4) is 0 Å². The number of carboxylic acids is 1. The zero-order valence-electron chi connectivity index (χ0n) is 15.9. The third-order valence-electron chi connectivity index (χ3n) is 5.88. The van der Waals surface area contributed by atoms with Gasteiger partial charge in [-0.05, 0) is 33.4 Å². The minimum Gasteiger partial charge on any atom is -0.477 e. The largest absolute Gasteiger partial charge is 0.477 e. The van der Waals surface area contributed by atoms with Crippen LogP contribution in [-0.2, 0) is 9.59 Å². The van der Waals surface area contributed by atoms with Gasteiger partial charge in [0.1, 0.15) is 5.70 Å². The number of carboxylic acid groups (broad SMARTS) is 1. The van der Waals surface area contributed by atoms with E-state index >= 15 is 0 Å². The fourth-order valence-electron chi connectivity index (χ4n) is 4.47. The summed E-state index contributed by atoms with van der Waals surface area (Å²) >= 11 is 1.50. The maximum absolute atomic E-state index is 12.4. The van der Waals surface area contributed by atoms with E-state index in [0.717, 1.165) is 13.0 Å². The molecule has 3 rings (SSSR count). The molecule has 0 aromatic rings. The van der Waals surface area contributed by atoms with Crippen molar-refractivity contribution < 1.29 is 24.9 Å². The van der Waals surface area contributed by atoms with E-state index in [1.807, 2.05) is 14.0 Å². The molecule has 3 aliphatic heterocycles. The predicted octanol–water partition coefficient (Wildman–Crippen LogP) is -0.426. The fraction of sp³-hybridized carbons (Fsp3) is 0.778. The van der Waals surface area contributed by atoms with Crippen molar-refractivity contribution in [2.75, 3.05) is 20.1 Å². The van der Waals surface area contributed by atoms with Gasteiger partial charge in [0.2, 0.25) is 5.91 Å². The Bertz CT molecular complexity index is 640. The summed E-state index contributed by atoms with van der Waals surface area (Å²) in [5, 5.41) is 36.4. The molecule has 2 fully saturated rings. The van der Waals surface area contributed by atoms with E-state index in [1.165, 1.54) is 16.7 Å². The topological polar surface area (TPSA) is 122 Å². The van der Waals surface area contributed by atoms with E-state index in [4.69, 9.17) is 0 Å². The molecule has 3 aliphatic rings. The Kier molecular flexibility index (Phi) is 6.17. The van der Waals surface area contributed by atoms with E-state index in [-0.39, 0.29) is 34.9 Å². The van der Waals surface area contributed by atoms with Gasteiger partial charge in [0, 0.05) is 28.7 Å². The first kappa shape index (κ1) is 20.6. The first-order valence-electron chi connectivity index (χ1n) is 9.49. The number of carbonyl (C=O) groups excluding carboxylic acids is 1. The molecule has 0 saturated carbocycles. The van der Waals surface area contributed by atoms with Crippen molar-refractivity contribution in [3.05, 3.63) is 10.6 Å². The molecular weight excluding hydrogens is 370 g/mol. The summed E-state index contributed by atoms with van der Waals surface area (Å²) in [4.78, 5) is 26.3. The van der Waals surface area contributed by atoms with Gasteiger partial charge in [-0.3, -0.25) is 4.79 Å². The Morgan fingerprint density at radius 2 is 2.15 bits per heavy atom. The minimum atomic E-state index is -1.10. The quantitative estimate of drug-likeness (QED) is 0.349. The first-order valence-corrected chi connectivity index (χ1v) is 10.4. The van der Waals surface area contributed by atoms with E-state index < -0.39 is 24.1 Å². The summed E-state index contributed by atoms with van der Waals surface area (Å²) in [5.41, 5.74) is 0.0681. The zero-order chi connectivity index (χ0) is 19.9. The SMILES string of the molecule is CNCC[C@@H](O)[C@H]1C[C@H](SC2=C(C(=O)O)N3C(=O)[C@@H](C(C)O)[C@H]3[C@H]2C)CN1. The summed E-state index contributed by atoms with van der Waals surface area (Å²) in [5.74, 6) is -2.06.